The van der Waals surface area contributed by atoms with Gasteiger partial charge in [0.1, 0.15) is 0 Å². The molecule has 5 heteroatoms. The van der Waals surface area contributed by atoms with Gasteiger partial charge in [0.25, 0.3) is 0 Å². The number of carboxylic acid groups (broad SMARTS) is 1. The molecule has 2 N–H and O–H groups in total. The molecule has 5 nitrogen and oxygen atoms in total. The minimum atomic E-state index is -0.722. The van der Waals surface area contributed by atoms with Crippen LogP contribution in [0.25, 0.3) is 0 Å². The molecule has 0 aliphatic carbocycles. The first-order chi connectivity index (χ1) is 8.25. The molecule has 0 radical (unpaired) electrons. The second kappa shape index (κ2) is 6.33. The van der Waals surface area contributed by atoms with E-state index in [2.05, 4.69) is 10.2 Å². The first-order valence-electron chi connectivity index (χ1n) is 6.54. The van der Waals surface area contributed by atoms with Gasteiger partial charge in [0.15, 0.2) is 0 Å². The van der Waals surface area contributed by atoms with Crippen LogP contribution in [0.1, 0.15) is 25.7 Å². The number of hydrogen-bond acceptors (Lipinski definition) is 4. The summed E-state index contributed by atoms with van der Waals surface area (Å²) < 4.78 is 5.80. The van der Waals surface area contributed by atoms with Crippen LogP contribution in [0.3, 0.4) is 0 Å². The third-order valence-electron chi connectivity index (χ3n) is 3.58. The lowest BCUT2D eigenvalue weighted by molar-refractivity contribution is -0.137. The fourth-order valence-electron chi connectivity index (χ4n) is 2.64. The number of fused-ring (bicyclic) bond motifs is 1. The summed E-state index contributed by atoms with van der Waals surface area (Å²) in [5.74, 6) is -0.722. The van der Waals surface area contributed by atoms with Crippen LogP contribution < -0.4 is 5.32 Å². The van der Waals surface area contributed by atoms with Crippen LogP contribution in [0.5, 0.6) is 0 Å². The normalized spacial score (nSPS) is 29.2. The van der Waals surface area contributed by atoms with Crippen molar-refractivity contribution in [1.29, 1.82) is 0 Å². The molecule has 0 aromatic rings. The van der Waals surface area contributed by atoms with Crippen molar-refractivity contribution in [2.24, 2.45) is 0 Å². The minimum absolute atomic E-state index is 0.243. The van der Waals surface area contributed by atoms with Crippen LogP contribution in [0.15, 0.2) is 0 Å². The van der Waals surface area contributed by atoms with Crippen LogP contribution in [0.2, 0.25) is 0 Å². The zero-order valence-electron chi connectivity index (χ0n) is 10.2. The number of nitrogens with one attached hydrogen (secondary N) is 1. The third kappa shape index (κ3) is 3.94. The summed E-state index contributed by atoms with van der Waals surface area (Å²) in [5.41, 5.74) is 0. The van der Waals surface area contributed by atoms with E-state index in [0.717, 1.165) is 26.2 Å². The molecule has 2 aliphatic rings. The van der Waals surface area contributed by atoms with Crippen LogP contribution in [0, 0.1) is 0 Å². The summed E-state index contributed by atoms with van der Waals surface area (Å²) in [7, 11) is 0. The molecule has 0 spiro atoms. The van der Waals surface area contributed by atoms with Gasteiger partial charge >= 0.3 is 5.97 Å². The Hall–Kier alpha value is -0.650. The lowest BCUT2D eigenvalue weighted by Gasteiger charge is -2.35. The van der Waals surface area contributed by atoms with E-state index in [1.807, 2.05) is 0 Å². The van der Waals surface area contributed by atoms with Gasteiger partial charge in [-0.25, -0.2) is 0 Å². The van der Waals surface area contributed by atoms with Crippen molar-refractivity contribution in [3.8, 4) is 0 Å². The Labute approximate surface area is 102 Å². The van der Waals surface area contributed by atoms with Crippen LogP contribution in [-0.4, -0.2) is 60.9 Å². The fourth-order valence-corrected chi connectivity index (χ4v) is 2.64. The third-order valence-corrected chi connectivity index (χ3v) is 3.58. The molecule has 2 aliphatic heterocycles. The predicted octanol–water partition coefficient (Wildman–Crippen LogP) is 0.304. The molecule has 2 atom stereocenters. The van der Waals surface area contributed by atoms with Gasteiger partial charge in [-0.05, 0) is 32.4 Å². The molecule has 98 valence electrons. The average Bonchev–Trinajstić information content (AvgIpc) is 2.75. The highest BCUT2D eigenvalue weighted by Crippen LogP contribution is 2.22. The Bertz CT molecular complexity index is 260. The molecule has 17 heavy (non-hydrogen) atoms. The van der Waals surface area contributed by atoms with E-state index in [-0.39, 0.29) is 12.5 Å². The summed E-state index contributed by atoms with van der Waals surface area (Å²) in [5, 5.41) is 11.8. The van der Waals surface area contributed by atoms with Crippen molar-refractivity contribution in [3.05, 3.63) is 0 Å². The van der Waals surface area contributed by atoms with Crippen molar-refractivity contribution in [1.82, 2.24) is 10.2 Å². The smallest absolute Gasteiger partial charge is 0.303 e. The van der Waals surface area contributed by atoms with Gasteiger partial charge < -0.3 is 15.2 Å². The summed E-state index contributed by atoms with van der Waals surface area (Å²) >= 11 is 0. The maximum absolute atomic E-state index is 10.3. The van der Waals surface area contributed by atoms with Gasteiger partial charge in [0.2, 0.25) is 0 Å². The van der Waals surface area contributed by atoms with Crippen LogP contribution in [0.4, 0.5) is 0 Å². The number of ether oxygens (including phenoxy) is 1. The van der Waals surface area contributed by atoms with E-state index in [9.17, 15) is 4.79 Å². The summed E-state index contributed by atoms with van der Waals surface area (Å²) in [6.45, 7) is 4.69. The molecular weight excluding hydrogens is 220 g/mol. The number of morpholine rings is 1. The molecule has 0 aromatic heterocycles. The van der Waals surface area contributed by atoms with E-state index in [0.29, 0.717) is 12.5 Å². The molecule has 0 bridgehead atoms. The lowest BCUT2D eigenvalue weighted by Crippen LogP contribution is -2.49. The van der Waals surface area contributed by atoms with E-state index in [1.165, 1.54) is 19.4 Å². The number of carbonyl (C=O) groups is 1. The molecule has 0 saturated carbocycles. The molecule has 0 amide bonds. The van der Waals surface area contributed by atoms with Crippen molar-refractivity contribution in [3.63, 3.8) is 0 Å². The van der Waals surface area contributed by atoms with Crippen molar-refractivity contribution in [2.75, 3.05) is 32.8 Å². The van der Waals surface area contributed by atoms with Gasteiger partial charge in [-0.15, -0.1) is 0 Å². The summed E-state index contributed by atoms with van der Waals surface area (Å²) in [6.07, 6.45) is 3.78. The Balaban J connectivity index is 1.56. The number of carboxylic acids is 1. The van der Waals surface area contributed by atoms with Gasteiger partial charge in [-0.1, -0.05) is 0 Å². The van der Waals surface area contributed by atoms with E-state index >= 15 is 0 Å². The Morgan fingerprint density at radius 2 is 2.41 bits per heavy atom. The van der Waals surface area contributed by atoms with Gasteiger partial charge in [0.05, 0.1) is 12.7 Å². The summed E-state index contributed by atoms with van der Waals surface area (Å²) in [6, 6.07) is 0.651. The van der Waals surface area contributed by atoms with E-state index in [4.69, 9.17) is 9.84 Å². The van der Waals surface area contributed by atoms with Crippen LogP contribution in [-0.2, 0) is 9.53 Å². The molecule has 2 rings (SSSR count). The molecule has 2 heterocycles. The summed E-state index contributed by atoms with van der Waals surface area (Å²) in [4.78, 5) is 12.9. The van der Waals surface area contributed by atoms with Gasteiger partial charge in [0, 0.05) is 25.6 Å². The Morgan fingerprint density at radius 1 is 1.53 bits per heavy atom. The number of nitrogens with zero attached hydrogens (tertiary/aromatic N) is 1. The number of hydrogen-bond donors (Lipinski definition) is 2. The zero-order chi connectivity index (χ0) is 12.1. The first-order valence-corrected chi connectivity index (χ1v) is 6.54. The predicted molar refractivity (Wildman–Crippen MR) is 64.1 cm³/mol. The highest BCUT2D eigenvalue weighted by molar-refractivity contribution is 5.66. The van der Waals surface area contributed by atoms with Gasteiger partial charge in [-0.3, -0.25) is 9.69 Å². The maximum Gasteiger partial charge on any atom is 0.303 e. The first kappa shape index (κ1) is 12.8. The quantitative estimate of drug-likeness (QED) is 0.656. The highest BCUT2D eigenvalue weighted by Gasteiger charge is 2.31. The SMILES string of the molecule is O=C(O)CCCNCC1CN2CCCC2CO1. The molecular formula is C12H22N2O3. The molecule has 2 unspecified atom stereocenters. The number of aliphatic carboxylic acids is 1. The second-order valence-electron chi connectivity index (χ2n) is 4.95. The highest BCUT2D eigenvalue weighted by atomic mass is 16.5. The van der Waals surface area contributed by atoms with Crippen molar-refractivity contribution >= 4 is 5.97 Å². The standard InChI is InChI=1S/C12H22N2O3/c15-12(16)4-1-5-13-7-11-8-14-6-2-3-10(14)9-17-11/h10-11,13H,1-9H2,(H,15,16). The topological polar surface area (TPSA) is 61.8 Å². The Kier molecular flexibility index (Phi) is 4.76. The maximum atomic E-state index is 10.3. The number of rotatable bonds is 6. The van der Waals surface area contributed by atoms with Crippen molar-refractivity contribution in [2.45, 2.75) is 37.8 Å². The fraction of sp³-hybridized carbons (Fsp3) is 0.917. The molecule has 0 aromatic carbocycles. The average molecular weight is 242 g/mol. The molecule has 2 fully saturated rings. The minimum Gasteiger partial charge on any atom is -0.481 e. The second-order valence-corrected chi connectivity index (χ2v) is 4.95. The monoisotopic (exact) mass is 242 g/mol. The lowest BCUT2D eigenvalue weighted by atomic mass is 10.2. The largest absolute Gasteiger partial charge is 0.481 e. The van der Waals surface area contributed by atoms with Crippen molar-refractivity contribution < 1.29 is 14.6 Å². The van der Waals surface area contributed by atoms with E-state index in [1.54, 1.807) is 0 Å². The van der Waals surface area contributed by atoms with Gasteiger partial charge in [-0.2, -0.15) is 0 Å². The molecule has 2 saturated heterocycles. The Morgan fingerprint density at radius 3 is 3.24 bits per heavy atom. The van der Waals surface area contributed by atoms with E-state index < -0.39 is 5.97 Å². The zero-order valence-corrected chi connectivity index (χ0v) is 10.2. The van der Waals surface area contributed by atoms with Crippen LogP contribution >= 0.6 is 0 Å².